The molecule has 1 aliphatic heterocycles. The predicted molar refractivity (Wildman–Crippen MR) is 56.3 cm³/mol. The van der Waals surface area contributed by atoms with Crippen molar-refractivity contribution >= 4 is 21.7 Å². The van der Waals surface area contributed by atoms with Gasteiger partial charge in [-0.15, -0.1) is 0 Å². The van der Waals surface area contributed by atoms with Crippen molar-refractivity contribution in [2.45, 2.75) is 18.9 Å². The van der Waals surface area contributed by atoms with Crippen LogP contribution in [0.15, 0.2) is 16.7 Å². The van der Waals surface area contributed by atoms with Gasteiger partial charge in [-0.25, -0.2) is 4.98 Å². The van der Waals surface area contributed by atoms with E-state index in [0.29, 0.717) is 11.9 Å². The lowest BCUT2D eigenvalue weighted by Gasteiger charge is -2.12. The summed E-state index contributed by atoms with van der Waals surface area (Å²) in [5.41, 5.74) is 6.91. The normalized spacial score (nSPS) is 22.1. The third-order valence-electron chi connectivity index (χ3n) is 2.35. The summed E-state index contributed by atoms with van der Waals surface area (Å²) < 4.78 is 0.991. The Balaban J connectivity index is 2.32. The molecule has 0 aliphatic carbocycles. The Hall–Kier alpha value is -0.610. The van der Waals surface area contributed by atoms with Crippen LogP contribution in [0.4, 0.5) is 5.82 Å². The van der Waals surface area contributed by atoms with Gasteiger partial charge in [0.05, 0.1) is 0 Å². The number of anilines is 1. The van der Waals surface area contributed by atoms with Gasteiger partial charge in [0.1, 0.15) is 5.82 Å². The molecule has 1 unspecified atom stereocenters. The van der Waals surface area contributed by atoms with E-state index < -0.39 is 0 Å². The van der Waals surface area contributed by atoms with E-state index in [9.17, 15) is 0 Å². The predicted octanol–water partition coefficient (Wildman–Crippen LogP) is 1.85. The number of nitrogens with two attached hydrogens (primary N) is 1. The van der Waals surface area contributed by atoms with Crippen LogP contribution in [0, 0.1) is 0 Å². The molecule has 0 bridgehead atoms. The first-order valence-corrected chi connectivity index (χ1v) is 5.21. The van der Waals surface area contributed by atoms with Gasteiger partial charge >= 0.3 is 0 Å². The van der Waals surface area contributed by atoms with Crippen LogP contribution in [0.3, 0.4) is 0 Å². The molecule has 1 aliphatic rings. The maximum Gasteiger partial charge on any atom is 0.128 e. The van der Waals surface area contributed by atoms with Crippen LogP contribution in [-0.2, 0) is 0 Å². The average molecular weight is 242 g/mol. The lowest BCUT2D eigenvalue weighted by Crippen LogP contribution is -2.15. The molecule has 70 valence electrons. The summed E-state index contributed by atoms with van der Waals surface area (Å²) >= 11 is 3.40. The van der Waals surface area contributed by atoms with Crippen LogP contribution in [0.5, 0.6) is 0 Å². The zero-order valence-electron chi connectivity index (χ0n) is 7.26. The molecule has 0 saturated carbocycles. The molecule has 1 saturated heterocycles. The van der Waals surface area contributed by atoms with E-state index in [2.05, 4.69) is 26.2 Å². The Kier molecular flexibility index (Phi) is 2.51. The molecule has 1 fully saturated rings. The molecule has 13 heavy (non-hydrogen) atoms. The van der Waals surface area contributed by atoms with Crippen LogP contribution in [0.25, 0.3) is 0 Å². The van der Waals surface area contributed by atoms with Gasteiger partial charge in [-0.2, -0.15) is 0 Å². The van der Waals surface area contributed by atoms with Crippen molar-refractivity contribution in [1.29, 1.82) is 0 Å². The molecule has 4 heteroatoms. The first kappa shape index (κ1) is 8.97. The number of nitrogens with one attached hydrogen (secondary N) is 1. The molecular weight excluding hydrogens is 230 g/mol. The first-order chi connectivity index (χ1) is 6.27. The third-order valence-corrected chi connectivity index (χ3v) is 2.79. The molecular formula is C9H12BrN3. The van der Waals surface area contributed by atoms with Gasteiger partial charge in [-0.1, -0.05) is 0 Å². The fraction of sp³-hybridized carbons (Fsp3) is 0.444. The van der Waals surface area contributed by atoms with Crippen LogP contribution in [0.2, 0.25) is 0 Å². The van der Waals surface area contributed by atoms with Crippen molar-refractivity contribution in [3.63, 3.8) is 0 Å². The smallest absolute Gasteiger partial charge is 0.128 e. The quantitative estimate of drug-likeness (QED) is 0.790. The summed E-state index contributed by atoms with van der Waals surface area (Å²) in [5.74, 6) is 0.641. The summed E-state index contributed by atoms with van der Waals surface area (Å²) in [4.78, 5) is 4.11. The second-order valence-electron chi connectivity index (χ2n) is 3.28. The maximum atomic E-state index is 5.80. The van der Waals surface area contributed by atoms with Crippen molar-refractivity contribution in [1.82, 2.24) is 10.3 Å². The molecule has 3 nitrogen and oxygen atoms in total. The zero-order chi connectivity index (χ0) is 9.26. The Morgan fingerprint density at radius 1 is 1.62 bits per heavy atom. The number of pyridine rings is 1. The Bertz CT molecular complexity index is 308. The van der Waals surface area contributed by atoms with Gasteiger partial charge in [0, 0.05) is 22.3 Å². The van der Waals surface area contributed by atoms with Crippen LogP contribution >= 0.6 is 15.9 Å². The van der Waals surface area contributed by atoms with E-state index in [1.807, 2.05) is 6.07 Å². The molecule has 2 heterocycles. The number of halogens is 1. The van der Waals surface area contributed by atoms with Crippen molar-refractivity contribution < 1.29 is 0 Å². The molecule has 0 aromatic carbocycles. The minimum atomic E-state index is 0.394. The summed E-state index contributed by atoms with van der Waals surface area (Å²) in [5, 5.41) is 3.40. The minimum absolute atomic E-state index is 0.394. The van der Waals surface area contributed by atoms with Gasteiger partial charge in [-0.3, -0.25) is 0 Å². The van der Waals surface area contributed by atoms with E-state index in [0.717, 1.165) is 23.0 Å². The summed E-state index contributed by atoms with van der Waals surface area (Å²) in [6.07, 6.45) is 4.10. The molecule has 1 atom stereocenters. The molecule has 1 aromatic heterocycles. The second kappa shape index (κ2) is 3.64. The van der Waals surface area contributed by atoms with Crippen molar-refractivity contribution in [2.24, 2.45) is 0 Å². The number of hydrogen-bond acceptors (Lipinski definition) is 3. The Morgan fingerprint density at radius 3 is 3.15 bits per heavy atom. The number of aromatic nitrogens is 1. The van der Waals surface area contributed by atoms with E-state index in [1.54, 1.807) is 6.20 Å². The van der Waals surface area contributed by atoms with Gasteiger partial charge in [0.25, 0.3) is 0 Å². The number of nitrogens with zero attached hydrogens (tertiary/aromatic N) is 1. The standard InChI is InChI=1S/C9H12BrN3/c10-6-4-7(9(11)13-5-6)8-2-1-3-12-8/h4-5,8,12H,1-3H2,(H2,11,13). The van der Waals surface area contributed by atoms with E-state index in [-0.39, 0.29) is 0 Å². The highest BCUT2D eigenvalue weighted by Crippen LogP contribution is 2.28. The molecule has 0 amide bonds. The summed E-state index contributed by atoms with van der Waals surface area (Å²) in [7, 11) is 0. The lowest BCUT2D eigenvalue weighted by atomic mass is 10.1. The highest BCUT2D eigenvalue weighted by molar-refractivity contribution is 9.10. The van der Waals surface area contributed by atoms with Gasteiger partial charge < -0.3 is 11.1 Å². The van der Waals surface area contributed by atoms with Crippen LogP contribution < -0.4 is 11.1 Å². The first-order valence-electron chi connectivity index (χ1n) is 4.41. The molecule has 3 N–H and O–H groups in total. The third kappa shape index (κ3) is 1.84. The molecule has 1 aromatic rings. The van der Waals surface area contributed by atoms with Crippen molar-refractivity contribution in [3.8, 4) is 0 Å². The van der Waals surface area contributed by atoms with Gasteiger partial charge in [0.15, 0.2) is 0 Å². The van der Waals surface area contributed by atoms with E-state index in [4.69, 9.17) is 5.73 Å². The molecule has 0 spiro atoms. The fourth-order valence-electron chi connectivity index (χ4n) is 1.69. The average Bonchev–Trinajstić information content (AvgIpc) is 2.61. The number of hydrogen-bond donors (Lipinski definition) is 2. The molecule has 0 radical (unpaired) electrons. The second-order valence-corrected chi connectivity index (χ2v) is 4.19. The van der Waals surface area contributed by atoms with E-state index >= 15 is 0 Å². The van der Waals surface area contributed by atoms with Crippen molar-refractivity contribution in [3.05, 3.63) is 22.3 Å². The summed E-state index contributed by atoms with van der Waals surface area (Å²) in [6.45, 7) is 1.08. The van der Waals surface area contributed by atoms with Crippen LogP contribution in [-0.4, -0.2) is 11.5 Å². The topological polar surface area (TPSA) is 50.9 Å². The highest BCUT2D eigenvalue weighted by Gasteiger charge is 2.18. The maximum absolute atomic E-state index is 5.80. The highest BCUT2D eigenvalue weighted by atomic mass is 79.9. The Morgan fingerprint density at radius 2 is 2.46 bits per heavy atom. The zero-order valence-corrected chi connectivity index (χ0v) is 8.84. The largest absolute Gasteiger partial charge is 0.383 e. The monoisotopic (exact) mass is 241 g/mol. The van der Waals surface area contributed by atoms with Gasteiger partial charge in [0.2, 0.25) is 0 Å². The lowest BCUT2D eigenvalue weighted by molar-refractivity contribution is 0.647. The van der Waals surface area contributed by atoms with Crippen LogP contribution in [0.1, 0.15) is 24.4 Å². The molecule has 2 rings (SSSR count). The minimum Gasteiger partial charge on any atom is -0.383 e. The Labute approximate surface area is 85.9 Å². The number of rotatable bonds is 1. The van der Waals surface area contributed by atoms with E-state index in [1.165, 1.54) is 6.42 Å². The van der Waals surface area contributed by atoms with Crippen molar-refractivity contribution in [2.75, 3.05) is 12.3 Å². The number of nitrogen functional groups attached to an aromatic ring is 1. The fourth-order valence-corrected chi connectivity index (χ4v) is 2.04. The van der Waals surface area contributed by atoms with Gasteiger partial charge in [-0.05, 0) is 41.4 Å². The summed E-state index contributed by atoms with van der Waals surface area (Å²) in [6, 6.07) is 2.44. The SMILES string of the molecule is Nc1ncc(Br)cc1C1CCCN1.